The van der Waals surface area contributed by atoms with Crippen molar-refractivity contribution in [3.8, 4) is 5.75 Å². The second kappa shape index (κ2) is 16.1. The average molecular weight is 578 g/mol. The van der Waals surface area contributed by atoms with Crippen molar-refractivity contribution in [3.05, 3.63) is 48.0 Å². The molecule has 2 aromatic rings. The lowest BCUT2D eigenvalue weighted by atomic mass is 10.0. The van der Waals surface area contributed by atoms with Gasteiger partial charge in [0.15, 0.2) is 0 Å². The number of primary amides is 1. The van der Waals surface area contributed by atoms with Gasteiger partial charge in [-0.1, -0.05) is 12.1 Å². The highest BCUT2D eigenvalue weighted by atomic mass is 32.2. The number of nitrogens with one attached hydrogen (secondary N) is 4. The van der Waals surface area contributed by atoms with Gasteiger partial charge in [-0.15, -0.1) is 0 Å². The molecule has 4 unspecified atom stereocenters. The average Bonchev–Trinajstić information content (AvgIpc) is 3.42. The number of carbonyl (C=O) groups excluding carboxylic acids is 4. The van der Waals surface area contributed by atoms with E-state index in [0.29, 0.717) is 17.0 Å². The number of carboxylic acids is 1. The van der Waals surface area contributed by atoms with Crippen LogP contribution < -0.4 is 27.4 Å². The molecule has 0 saturated heterocycles. The molecular weight excluding hydrogens is 542 g/mol. The number of hydrogen-bond donors (Lipinski definition) is 8. The van der Waals surface area contributed by atoms with Crippen molar-refractivity contribution in [1.29, 1.82) is 0 Å². The number of hydrogen-bond acceptors (Lipinski definition) is 9. The van der Waals surface area contributed by atoms with E-state index in [2.05, 4.69) is 25.9 Å². The van der Waals surface area contributed by atoms with Crippen LogP contribution in [0.15, 0.2) is 36.8 Å². The molecule has 0 aliphatic heterocycles. The number of thioether (sulfide) groups is 1. The van der Waals surface area contributed by atoms with E-state index in [0.717, 1.165) is 0 Å². The van der Waals surface area contributed by atoms with Gasteiger partial charge in [0.25, 0.3) is 0 Å². The van der Waals surface area contributed by atoms with Crippen LogP contribution in [0.3, 0.4) is 0 Å². The van der Waals surface area contributed by atoms with Crippen LogP contribution in [0.2, 0.25) is 0 Å². The lowest BCUT2D eigenvalue weighted by Crippen LogP contribution is -2.58. The first-order valence-electron chi connectivity index (χ1n) is 12.4. The van der Waals surface area contributed by atoms with Crippen LogP contribution in [-0.2, 0) is 36.8 Å². The number of aromatic hydroxyl groups is 1. The van der Waals surface area contributed by atoms with Gasteiger partial charge in [-0.3, -0.25) is 19.2 Å². The molecule has 0 bridgehead atoms. The topological polar surface area (TPSA) is 243 Å². The predicted molar refractivity (Wildman–Crippen MR) is 147 cm³/mol. The number of aromatic nitrogens is 2. The summed E-state index contributed by atoms with van der Waals surface area (Å²) < 4.78 is 0. The Morgan fingerprint density at radius 3 is 2.15 bits per heavy atom. The number of benzene rings is 1. The summed E-state index contributed by atoms with van der Waals surface area (Å²) in [5, 5.41) is 26.4. The zero-order valence-corrected chi connectivity index (χ0v) is 22.8. The van der Waals surface area contributed by atoms with Gasteiger partial charge in [-0.25, -0.2) is 9.78 Å². The predicted octanol–water partition coefficient (Wildman–Crippen LogP) is -1.21. The monoisotopic (exact) mass is 577 g/mol. The van der Waals surface area contributed by atoms with Gasteiger partial charge < -0.3 is 42.6 Å². The van der Waals surface area contributed by atoms with Crippen LogP contribution in [0.1, 0.15) is 30.5 Å². The highest BCUT2D eigenvalue weighted by molar-refractivity contribution is 7.98. The minimum Gasteiger partial charge on any atom is -0.508 e. The quantitative estimate of drug-likeness (QED) is 0.111. The molecule has 4 amide bonds. The zero-order chi connectivity index (χ0) is 29.7. The van der Waals surface area contributed by atoms with Gasteiger partial charge in [0.05, 0.1) is 12.4 Å². The Labute approximate surface area is 235 Å². The molecule has 0 aliphatic carbocycles. The Morgan fingerprint density at radius 1 is 0.950 bits per heavy atom. The number of phenolic OH excluding ortho intramolecular Hbond substituents is 1. The van der Waals surface area contributed by atoms with Crippen LogP contribution in [0.5, 0.6) is 5.75 Å². The van der Waals surface area contributed by atoms with E-state index in [-0.39, 0.29) is 37.9 Å². The highest BCUT2D eigenvalue weighted by Gasteiger charge is 2.31. The number of carbonyl (C=O) groups is 5. The summed E-state index contributed by atoms with van der Waals surface area (Å²) in [7, 11) is 0. The number of aromatic amines is 1. The molecule has 0 radical (unpaired) electrons. The Morgan fingerprint density at radius 2 is 1.57 bits per heavy atom. The van der Waals surface area contributed by atoms with E-state index in [9.17, 15) is 34.2 Å². The third-order valence-electron chi connectivity index (χ3n) is 5.88. The molecule has 1 heterocycles. The normalized spacial score (nSPS) is 13.8. The lowest BCUT2D eigenvalue weighted by molar-refractivity contribution is -0.142. The minimum atomic E-state index is -1.27. The van der Waals surface area contributed by atoms with Crippen LogP contribution in [-0.4, -0.2) is 86.0 Å². The summed E-state index contributed by atoms with van der Waals surface area (Å²) in [4.78, 5) is 69.0. The van der Waals surface area contributed by atoms with Crippen molar-refractivity contribution in [2.75, 3.05) is 12.0 Å². The van der Waals surface area contributed by atoms with E-state index in [1.165, 1.54) is 36.4 Å². The molecule has 4 atom stereocenters. The van der Waals surface area contributed by atoms with Crippen molar-refractivity contribution < 1.29 is 34.2 Å². The molecule has 14 nitrogen and oxygen atoms in total. The summed E-state index contributed by atoms with van der Waals surface area (Å²) in [6.45, 7) is 0. The van der Waals surface area contributed by atoms with Gasteiger partial charge in [0.1, 0.15) is 23.9 Å². The number of nitrogens with zero attached hydrogens (tertiary/aromatic N) is 1. The SMILES string of the molecule is CSCCC(NC(=O)C(Cc1cnc[nH]1)NC(=O)C(CCC(N)=O)NC(=O)C(N)Cc1ccc(O)cc1)C(=O)O. The molecule has 0 spiro atoms. The number of imidazole rings is 1. The second-order valence-corrected chi connectivity index (χ2v) is 10.1. The number of aliphatic carboxylic acids is 1. The van der Waals surface area contributed by atoms with E-state index in [1.807, 2.05) is 0 Å². The van der Waals surface area contributed by atoms with E-state index in [1.54, 1.807) is 18.4 Å². The molecule has 218 valence electrons. The van der Waals surface area contributed by atoms with Crippen LogP contribution in [0, 0.1) is 0 Å². The van der Waals surface area contributed by atoms with Crippen molar-refractivity contribution in [3.63, 3.8) is 0 Å². The third kappa shape index (κ3) is 10.9. The fourth-order valence-electron chi connectivity index (χ4n) is 3.68. The molecule has 1 aromatic heterocycles. The second-order valence-electron chi connectivity index (χ2n) is 9.07. The molecule has 0 saturated carbocycles. The van der Waals surface area contributed by atoms with E-state index < -0.39 is 53.8 Å². The maximum Gasteiger partial charge on any atom is 0.326 e. The standard InChI is InChI=1S/C25H35N7O7S/c1-40-9-8-19(25(38)39)31-24(37)20(11-15-12-28-13-29-15)32-23(36)18(6-7-21(27)34)30-22(35)17(26)10-14-2-4-16(33)5-3-14/h2-5,12-13,17-20,33H,6-11,26H2,1H3,(H2,27,34)(H,28,29)(H,30,35)(H,31,37)(H,32,36)(H,38,39). The number of nitrogens with two attached hydrogens (primary N) is 2. The van der Waals surface area contributed by atoms with Crippen molar-refractivity contribution in [1.82, 2.24) is 25.9 Å². The van der Waals surface area contributed by atoms with Gasteiger partial charge in [0, 0.05) is 24.7 Å². The Bertz CT molecular complexity index is 1140. The smallest absolute Gasteiger partial charge is 0.326 e. The summed E-state index contributed by atoms with van der Waals surface area (Å²) in [6.07, 6.45) is 4.46. The first kappa shape index (κ1) is 32.1. The Balaban J connectivity index is 2.17. The fraction of sp³-hybridized carbons (Fsp3) is 0.440. The maximum absolute atomic E-state index is 13.3. The first-order chi connectivity index (χ1) is 19.0. The number of phenols is 1. The summed E-state index contributed by atoms with van der Waals surface area (Å²) in [5.41, 5.74) is 12.4. The molecule has 15 heteroatoms. The molecule has 40 heavy (non-hydrogen) atoms. The third-order valence-corrected chi connectivity index (χ3v) is 6.52. The van der Waals surface area contributed by atoms with Crippen LogP contribution in [0.4, 0.5) is 0 Å². The maximum atomic E-state index is 13.3. The van der Waals surface area contributed by atoms with E-state index in [4.69, 9.17) is 11.5 Å². The largest absolute Gasteiger partial charge is 0.508 e. The van der Waals surface area contributed by atoms with Gasteiger partial charge >= 0.3 is 5.97 Å². The summed E-state index contributed by atoms with van der Waals surface area (Å²) in [6, 6.07) is 1.35. The number of H-pyrrole nitrogens is 1. The zero-order valence-electron chi connectivity index (χ0n) is 22.0. The first-order valence-corrected chi connectivity index (χ1v) is 13.8. The van der Waals surface area contributed by atoms with Crippen molar-refractivity contribution in [2.45, 2.75) is 56.3 Å². The van der Waals surface area contributed by atoms with Gasteiger partial charge in [-0.05, 0) is 49.0 Å². The Hall–Kier alpha value is -4.11. The van der Waals surface area contributed by atoms with Crippen LogP contribution >= 0.6 is 11.8 Å². The lowest BCUT2D eigenvalue weighted by Gasteiger charge is -2.25. The van der Waals surface area contributed by atoms with Gasteiger partial charge in [-0.2, -0.15) is 11.8 Å². The van der Waals surface area contributed by atoms with Gasteiger partial charge in [0.2, 0.25) is 23.6 Å². The van der Waals surface area contributed by atoms with E-state index >= 15 is 0 Å². The summed E-state index contributed by atoms with van der Waals surface area (Å²) >= 11 is 1.42. The Kier molecular flexibility index (Phi) is 12.9. The molecule has 0 aliphatic rings. The molecular formula is C25H35N7O7S. The summed E-state index contributed by atoms with van der Waals surface area (Å²) in [5.74, 6) is -3.61. The molecule has 0 fully saturated rings. The number of amides is 4. The molecule has 10 N–H and O–H groups in total. The molecule has 1 aromatic carbocycles. The minimum absolute atomic E-state index is 0.0523. The highest BCUT2D eigenvalue weighted by Crippen LogP contribution is 2.11. The number of carboxylic acid groups (broad SMARTS) is 1. The van der Waals surface area contributed by atoms with Crippen LogP contribution in [0.25, 0.3) is 0 Å². The van der Waals surface area contributed by atoms with Crippen molar-refractivity contribution in [2.24, 2.45) is 11.5 Å². The fourth-order valence-corrected chi connectivity index (χ4v) is 4.15. The number of rotatable bonds is 17. The van der Waals surface area contributed by atoms with Crippen molar-refractivity contribution >= 4 is 41.4 Å². The molecule has 2 rings (SSSR count).